The minimum absolute atomic E-state index is 0.286. The molecule has 3 saturated heterocycles. The summed E-state index contributed by atoms with van der Waals surface area (Å²) in [6.07, 6.45) is 5.33. The van der Waals surface area contributed by atoms with Crippen LogP contribution in [0.15, 0.2) is 0 Å². The molecule has 3 fully saturated rings. The molecular formula is C18H35N3O2. The average molecular weight is 325 g/mol. The Morgan fingerprint density at radius 2 is 1.70 bits per heavy atom. The quantitative estimate of drug-likeness (QED) is 0.762. The maximum Gasteiger partial charge on any atom is 0.122 e. The molecule has 1 spiro atoms. The van der Waals surface area contributed by atoms with Crippen molar-refractivity contribution in [2.45, 2.75) is 57.6 Å². The van der Waals surface area contributed by atoms with Crippen LogP contribution in [-0.4, -0.2) is 79.2 Å². The summed E-state index contributed by atoms with van der Waals surface area (Å²) < 4.78 is 0. The molecule has 3 heterocycles. The van der Waals surface area contributed by atoms with Gasteiger partial charge in [-0.05, 0) is 78.2 Å². The highest BCUT2D eigenvalue weighted by Crippen LogP contribution is 2.40. The van der Waals surface area contributed by atoms with E-state index in [9.17, 15) is 9.90 Å². The Morgan fingerprint density at radius 1 is 1.13 bits per heavy atom. The summed E-state index contributed by atoms with van der Waals surface area (Å²) in [7, 11) is 2.24. The number of aldehydes is 1. The number of aliphatic hydroxyl groups is 1. The fourth-order valence-electron chi connectivity index (χ4n) is 3.84. The van der Waals surface area contributed by atoms with E-state index in [1.54, 1.807) is 0 Å². The molecule has 3 rings (SSSR count). The minimum Gasteiger partial charge on any atom is -0.389 e. The van der Waals surface area contributed by atoms with Crippen molar-refractivity contribution in [3.05, 3.63) is 0 Å². The van der Waals surface area contributed by atoms with Gasteiger partial charge in [0.05, 0.1) is 5.60 Å². The molecule has 0 saturated carbocycles. The van der Waals surface area contributed by atoms with Crippen molar-refractivity contribution in [1.82, 2.24) is 15.1 Å². The minimum atomic E-state index is -0.701. The molecular weight excluding hydrogens is 290 g/mol. The van der Waals surface area contributed by atoms with E-state index in [4.69, 9.17) is 0 Å². The van der Waals surface area contributed by atoms with E-state index in [0.29, 0.717) is 12.8 Å². The zero-order valence-corrected chi connectivity index (χ0v) is 15.2. The highest BCUT2D eigenvalue weighted by atomic mass is 16.3. The van der Waals surface area contributed by atoms with Crippen molar-refractivity contribution in [3.8, 4) is 0 Å². The third-order valence-corrected chi connectivity index (χ3v) is 5.85. The van der Waals surface area contributed by atoms with Gasteiger partial charge in [0.1, 0.15) is 6.29 Å². The Hall–Kier alpha value is -0.490. The maximum atomic E-state index is 10.1. The van der Waals surface area contributed by atoms with Crippen molar-refractivity contribution in [1.29, 1.82) is 0 Å². The Morgan fingerprint density at radius 3 is 2.17 bits per heavy atom. The van der Waals surface area contributed by atoms with Gasteiger partial charge < -0.3 is 20.1 Å². The fourth-order valence-corrected chi connectivity index (χ4v) is 3.84. The second-order valence-corrected chi connectivity index (χ2v) is 8.15. The van der Waals surface area contributed by atoms with Gasteiger partial charge in [0, 0.05) is 25.6 Å². The maximum absolute atomic E-state index is 10.1. The molecule has 3 aliphatic heterocycles. The van der Waals surface area contributed by atoms with Crippen LogP contribution >= 0.6 is 0 Å². The first-order valence-corrected chi connectivity index (χ1v) is 9.17. The van der Waals surface area contributed by atoms with Gasteiger partial charge >= 0.3 is 0 Å². The van der Waals surface area contributed by atoms with Crippen molar-refractivity contribution >= 4 is 6.29 Å². The zero-order chi connectivity index (χ0) is 16.9. The van der Waals surface area contributed by atoms with E-state index in [-0.39, 0.29) is 6.42 Å². The predicted molar refractivity (Wildman–Crippen MR) is 93.6 cm³/mol. The van der Waals surface area contributed by atoms with Crippen LogP contribution in [0.1, 0.15) is 46.0 Å². The van der Waals surface area contributed by atoms with Crippen molar-refractivity contribution in [2.75, 3.05) is 46.3 Å². The molecule has 0 aliphatic carbocycles. The molecule has 0 bridgehead atoms. The molecule has 0 aromatic rings. The van der Waals surface area contributed by atoms with Crippen LogP contribution in [-0.2, 0) is 4.79 Å². The molecule has 2 N–H and O–H groups in total. The van der Waals surface area contributed by atoms with Crippen LogP contribution in [0.4, 0.5) is 0 Å². The number of hydrogen-bond donors (Lipinski definition) is 2. The Balaban J connectivity index is 0.000000174. The van der Waals surface area contributed by atoms with Crippen molar-refractivity contribution in [2.24, 2.45) is 5.41 Å². The van der Waals surface area contributed by atoms with Gasteiger partial charge in [0.2, 0.25) is 0 Å². The van der Waals surface area contributed by atoms with Crippen LogP contribution in [0, 0.1) is 5.41 Å². The first-order valence-electron chi connectivity index (χ1n) is 9.17. The molecule has 0 aromatic carbocycles. The highest BCUT2D eigenvalue weighted by molar-refractivity contribution is 5.51. The molecule has 23 heavy (non-hydrogen) atoms. The van der Waals surface area contributed by atoms with E-state index in [0.717, 1.165) is 30.8 Å². The molecule has 0 atom stereocenters. The molecule has 134 valence electrons. The number of carbonyl (C=O) groups is 1. The Bertz CT molecular complexity index is 364. The number of carbonyl (C=O) groups excluding carboxylic acids is 1. The molecule has 5 heteroatoms. The lowest BCUT2D eigenvalue weighted by atomic mass is 9.71. The summed E-state index contributed by atoms with van der Waals surface area (Å²) in [5.41, 5.74) is 0.0176. The molecule has 3 aliphatic rings. The van der Waals surface area contributed by atoms with E-state index in [1.807, 2.05) is 0 Å². The van der Waals surface area contributed by atoms with Gasteiger partial charge in [-0.3, -0.25) is 4.90 Å². The van der Waals surface area contributed by atoms with Crippen LogP contribution in [0.25, 0.3) is 0 Å². The molecule has 0 radical (unpaired) electrons. The number of piperidine rings is 2. The number of rotatable bonds is 3. The zero-order valence-electron chi connectivity index (χ0n) is 15.2. The van der Waals surface area contributed by atoms with Gasteiger partial charge in [-0.25, -0.2) is 0 Å². The molecule has 0 unspecified atom stereocenters. The number of likely N-dealkylation sites (tertiary alicyclic amines) is 2. The van der Waals surface area contributed by atoms with E-state index < -0.39 is 5.60 Å². The monoisotopic (exact) mass is 325 g/mol. The summed E-state index contributed by atoms with van der Waals surface area (Å²) in [5.74, 6) is 0. The van der Waals surface area contributed by atoms with E-state index in [2.05, 4.69) is 36.0 Å². The van der Waals surface area contributed by atoms with Crippen LogP contribution in [0.2, 0.25) is 0 Å². The van der Waals surface area contributed by atoms with Gasteiger partial charge in [0.15, 0.2) is 0 Å². The molecule has 0 amide bonds. The van der Waals surface area contributed by atoms with E-state index in [1.165, 1.54) is 39.0 Å². The third-order valence-electron chi connectivity index (χ3n) is 5.85. The predicted octanol–water partition coefficient (Wildman–Crippen LogP) is 1.11. The fraction of sp³-hybridized carbons (Fsp3) is 0.944. The average Bonchev–Trinajstić information content (AvgIpc) is 2.47. The summed E-state index contributed by atoms with van der Waals surface area (Å²) >= 11 is 0. The summed E-state index contributed by atoms with van der Waals surface area (Å²) in [6.45, 7) is 11.6. The second kappa shape index (κ2) is 8.06. The van der Waals surface area contributed by atoms with Crippen LogP contribution in [0.5, 0.6) is 0 Å². The lowest BCUT2D eigenvalue weighted by Crippen LogP contribution is -2.61. The van der Waals surface area contributed by atoms with Crippen LogP contribution < -0.4 is 5.32 Å². The second-order valence-electron chi connectivity index (χ2n) is 8.15. The Labute approximate surface area is 141 Å². The summed E-state index contributed by atoms with van der Waals surface area (Å²) in [4.78, 5) is 15.2. The van der Waals surface area contributed by atoms with Crippen molar-refractivity contribution < 1.29 is 9.90 Å². The SMILES string of the molecule is CC(C)N1CC2(CCN(C)CC2)C1.O=CCC1(O)CCNCC1. The summed E-state index contributed by atoms with van der Waals surface area (Å²) in [5, 5.41) is 12.7. The van der Waals surface area contributed by atoms with Gasteiger partial charge in [-0.15, -0.1) is 0 Å². The molecule has 0 aromatic heterocycles. The van der Waals surface area contributed by atoms with Gasteiger partial charge in [-0.1, -0.05) is 0 Å². The summed E-state index contributed by atoms with van der Waals surface area (Å²) in [6, 6.07) is 0.755. The largest absolute Gasteiger partial charge is 0.389 e. The Kier molecular flexibility index (Phi) is 6.60. The molecule has 5 nitrogen and oxygen atoms in total. The highest BCUT2D eigenvalue weighted by Gasteiger charge is 2.44. The van der Waals surface area contributed by atoms with Crippen LogP contribution in [0.3, 0.4) is 0 Å². The van der Waals surface area contributed by atoms with Gasteiger partial charge in [-0.2, -0.15) is 0 Å². The first kappa shape index (κ1) is 18.8. The topological polar surface area (TPSA) is 55.8 Å². The smallest absolute Gasteiger partial charge is 0.122 e. The lowest BCUT2D eigenvalue weighted by Gasteiger charge is -2.55. The standard InChI is InChI=1S/C11H22N2.C7H13NO2/c1-10(2)13-8-11(9-13)4-6-12(3)7-5-11;9-6-3-7(10)1-4-8-5-2-7/h10H,4-9H2,1-3H3;6,8,10H,1-5H2. The number of nitrogens with one attached hydrogen (secondary N) is 1. The van der Waals surface area contributed by atoms with E-state index >= 15 is 0 Å². The van der Waals surface area contributed by atoms with Crippen molar-refractivity contribution in [3.63, 3.8) is 0 Å². The number of hydrogen-bond acceptors (Lipinski definition) is 5. The number of nitrogens with zero attached hydrogens (tertiary/aromatic N) is 2. The lowest BCUT2D eigenvalue weighted by molar-refractivity contribution is -0.113. The normalized spacial score (nSPS) is 27.2. The first-order chi connectivity index (χ1) is 10.9. The third kappa shape index (κ3) is 5.24. The van der Waals surface area contributed by atoms with Gasteiger partial charge in [0.25, 0.3) is 0 Å².